The lowest BCUT2D eigenvalue weighted by molar-refractivity contribution is -0.132. The highest BCUT2D eigenvalue weighted by atomic mass is 32.2. The van der Waals surface area contributed by atoms with Crippen LogP contribution < -0.4 is 5.69 Å². The minimum Gasteiger partial charge on any atom is -0.378 e. The lowest BCUT2D eigenvalue weighted by Gasteiger charge is -2.26. The molecule has 0 bridgehead atoms. The third kappa shape index (κ3) is 3.72. The van der Waals surface area contributed by atoms with Crippen LogP contribution in [-0.4, -0.2) is 52.4 Å². The van der Waals surface area contributed by atoms with Crippen LogP contribution in [-0.2, 0) is 28.9 Å². The Morgan fingerprint density at radius 1 is 1.31 bits per heavy atom. The normalized spacial score (nSPS) is 16.7. The van der Waals surface area contributed by atoms with Gasteiger partial charge < -0.3 is 9.64 Å². The number of hydrogen-bond acceptors (Lipinski definition) is 6. The maximum atomic E-state index is 12.6. The number of morpholine rings is 1. The lowest BCUT2D eigenvalue weighted by atomic mass is 10.2. The summed E-state index contributed by atoms with van der Waals surface area (Å²) in [7, 11) is 0. The minimum absolute atomic E-state index is 0.0922. The molecule has 1 aliphatic carbocycles. The molecule has 8 heteroatoms. The van der Waals surface area contributed by atoms with Crippen LogP contribution in [0.4, 0.5) is 0 Å². The number of rotatable bonds is 5. The van der Waals surface area contributed by atoms with E-state index in [0.717, 1.165) is 40.4 Å². The van der Waals surface area contributed by atoms with Gasteiger partial charge in [0.05, 0.1) is 25.5 Å². The van der Waals surface area contributed by atoms with Crippen molar-refractivity contribution >= 4 is 29.0 Å². The third-order valence-electron chi connectivity index (χ3n) is 4.79. The summed E-state index contributed by atoms with van der Waals surface area (Å²) >= 11 is 3.06. The summed E-state index contributed by atoms with van der Waals surface area (Å²) in [5, 5.41) is 2.77. The molecule has 0 saturated carbocycles. The van der Waals surface area contributed by atoms with Crippen LogP contribution in [0.25, 0.3) is 0 Å². The second-order valence-electron chi connectivity index (χ2n) is 6.43. The molecular weight excluding hydrogens is 370 g/mol. The van der Waals surface area contributed by atoms with Crippen LogP contribution in [0.3, 0.4) is 0 Å². The van der Waals surface area contributed by atoms with Crippen molar-refractivity contribution in [1.82, 2.24) is 14.5 Å². The molecule has 4 rings (SSSR count). The predicted octanol–water partition coefficient (Wildman–Crippen LogP) is 1.79. The molecule has 0 aromatic carbocycles. The monoisotopic (exact) mass is 391 g/mol. The summed E-state index contributed by atoms with van der Waals surface area (Å²) in [5.41, 5.74) is 2.04. The Bertz CT molecular complexity index is 842. The number of carbonyl (C=O) groups is 1. The quantitative estimate of drug-likeness (QED) is 0.574. The van der Waals surface area contributed by atoms with Gasteiger partial charge in [-0.25, -0.2) is 4.79 Å². The standard InChI is InChI=1S/C18H21N3O3S2/c22-16(20-6-8-24-9-7-20)12-26-17-14-4-1-5-15(14)21(18(23)19-17)11-13-3-2-10-25-13/h2-3,10H,1,4-9,11-12H2. The number of thiophene rings is 1. The number of hydrogen-bond donors (Lipinski definition) is 0. The fourth-order valence-corrected chi connectivity index (χ4v) is 5.13. The molecule has 0 unspecified atom stereocenters. The smallest absolute Gasteiger partial charge is 0.349 e. The maximum Gasteiger partial charge on any atom is 0.349 e. The molecule has 1 fully saturated rings. The highest BCUT2D eigenvalue weighted by Crippen LogP contribution is 2.30. The molecule has 0 spiro atoms. The van der Waals surface area contributed by atoms with Crippen LogP contribution in [0.2, 0.25) is 0 Å². The third-order valence-corrected chi connectivity index (χ3v) is 6.65. The first-order valence-corrected chi connectivity index (χ1v) is 10.7. The maximum absolute atomic E-state index is 12.6. The van der Waals surface area contributed by atoms with Gasteiger partial charge in [0.1, 0.15) is 5.03 Å². The van der Waals surface area contributed by atoms with Crippen molar-refractivity contribution in [2.75, 3.05) is 32.1 Å². The molecule has 2 aromatic heterocycles. The van der Waals surface area contributed by atoms with Crippen molar-refractivity contribution in [3.63, 3.8) is 0 Å². The van der Waals surface area contributed by atoms with Crippen LogP contribution in [0.15, 0.2) is 27.3 Å². The highest BCUT2D eigenvalue weighted by molar-refractivity contribution is 7.99. The van der Waals surface area contributed by atoms with E-state index in [1.165, 1.54) is 11.8 Å². The van der Waals surface area contributed by atoms with E-state index in [4.69, 9.17) is 4.74 Å². The molecule has 2 aliphatic rings. The number of thioether (sulfide) groups is 1. The highest BCUT2D eigenvalue weighted by Gasteiger charge is 2.24. The van der Waals surface area contributed by atoms with E-state index >= 15 is 0 Å². The molecule has 0 N–H and O–H groups in total. The average Bonchev–Trinajstić information content (AvgIpc) is 3.34. The predicted molar refractivity (Wildman–Crippen MR) is 102 cm³/mol. The van der Waals surface area contributed by atoms with Gasteiger partial charge in [-0.2, -0.15) is 4.98 Å². The Labute approximate surface area is 160 Å². The van der Waals surface area contributed by atoms with E-state index in [1.807, 2.05) is 27.0 Å². The summed E-state index contributed by atoms with van der Waals surface area (Å²) in [6.07, 6.45) is 2.88. The topological polar surface area (TPSA) is 64.4 Å². The van der Waals surface area contributed by atoms with Crippen LogP contribution in [0.1, 0.15) is 22.6 Å². The van der Waals surface area contributed by atoms with Crippen LogP contribution >= 0.6 is 23.1 Å². The number of carbonyl (C=O) groups excluding carboxylic acids is 1. The van der Waals surface area contributed by atoms with E-state index in [0.29, 0.717) is 38.6 Å². The molecule has 1 saturated heterocycles. The molecule has 3 heterocycles. The average molecular weight is 392 g/mol. The number of fused-ring (bicyclic) bond motifs is 1. The van der Waals surface area contributed by atoms with Gasteiger partial charge in [0.2, 0.25) is 5.91 Å². The van der Waals surface area contributed by atoms with E-state index in [1.54, 1.807) is 11.3 Å². The number of nitrogens with zero attached hydrogens (tertiary/aromatic N) is 3. The van der Waals surface area contributed by atoms with Gasteiger partial charge in [-0.15, -0.1) is 11.3 Å². The summed E-state index contributed by atoms with van der Waals surface area (Å²) < 4.78 is 7.10. The number of amides is 1. The zero-order valence-corrected chi connectivity index (χ0v) is 16.1. The zero-order valence-electron chi connectivity index (χ0n) is 14.5. The molecular formula is C18H21N3O3S2. The first kappa shape index (κ1) is 17.8. The lowest BCUT2D eigenvalue weighted by Crippen LogP contribution is -2.41. The largest absolute Gasteiger partial charge is 0.378 e. The summed E-state index contributed by atoms with van der Waals surface area (Å²) in [6.45, 7) is 3.08. The Morgan fingerprint density at radius 3 is 2.92 bits per heavy atom. The first-order chi connectivity index (χ1) is 12.7. The molecule has 1 amide bonds. The Kier molecular flexibility index (Phi) is 5.42. The second kappa shape index (κ2) is 7.94. The molecule has 0 atom stereocenters. The fraction of sp³-hybridized carbons (Fsp3) is 0.500. The van der Waals surface area contributed by atoms with Crippen molar-refractivity contribution in [2.45, 2.75) is 30.8 Å². The minimum atomic E-state index is -0.208. The van der Waals surface area contributed by atoms with Crippen molar-refractivity contribution < 1.29 is 9.53 Å². The summed E-state index contributed by atoms with van der Waals surface area (Å²) in [6, 6.07) is 4.04. The molecule has 6 nitrogen and oxygen atoms in total. The van der Waals surface area contributed by atoms with Gasteiger partial charge in [0, 0.05) is 29.2 Å². The van der Waals surface area contributed by atoms with Gasteiger partial charge >= 0.3 is 5.69 Å². The Morgan fingerprint density at radius 2 is 2.15 bits per heavy atom. The van der Waals surface area contributed by atoms with Gasteiger partial charge in [-0.05, 0) is 30.7 Å². The Balaban J connectivity index is 1.52. The van der Waals surface area contributed by atoms with E-state index in [9.17, 15) is 9.59 Å². The van der Waals surface area contributed by atoms with E-state index < -0.39 is 0 Å². The zero-order chi connectivity index (χ0) is 17.9. The number of ether oxygens (including phenoxy) is 1. The molecule has 26 heavy (non-hydrogen) atoms. The van der Waals surface area contributed by atoms with Crippen LogP contribution in [0.5, 0.6) is 0 Å². The number of aromatic nitrogens is 2. The van der Waals surface area contributed by atoms with Gasteiger partial charge in [0.25, 0.3) is 0 Å². The van der Waals surface area contributed by atoms with Gasteiger partial charge in [0.15, 0.2) is 0 Å². The second-order valence-corrected chi connectivity index (χ2v) is 8.42. The SMILES string of the molecule is O=C(CSc1nc(=O)n(Cc2cccs2)c2c1CCC2)N1CCOCC1. The van der Waals surface area contributed by atoms with Crippen molar-refractivity contribution in [3.8, 4) is 0 Å². The molecule has 1 aliphatic heterocycles. The van der Waals surface area contributed by atoms with E-state index in [2.05, 4.69) is 4.98 Å². The molecule has 138 valence electrons. The summed E-state index contributed by atoms with van der Waals surface area (Å²) in [4.78, 5) is 32.3. The summed E-state index contributed by atoms with van der Waals surface area (Å²) in [5.74, 6) is 0.419. The fourth-order valence-electron chi connectivity index (χ4n) is 3.46. The van der Waals surface area contributed by atoms with Crippen LogP contribution in [0, 0.1) is 0 Å². The first-order valence-electron chi connectivity index (χ1n) is 8.85. The molecule has 0 radical (unpaired) electrons. The molecule has 2 aromatic rings. The van der Waals surface area contributed by atoms with E-state index in [-0.39, 0.29) is 11.6 Å². The van der Waals surface area contributed by atoms with Gasteiger partial charge in [-0.1, -0.05) is 17.8 Å². The van der Waals surface area contributed by atoms with Gasteiger partial charge in [-0.3, -0.25) is 9.36 Å². The van der Waals surface area contributed by atoms with Crippen molar-refractivity contribution in [3.05, 3.63) is 44.1 Å². The van der Waals surface area contributed by atoms with Crippen molar-refractivity contribution in [2.24, 2.45) is 0 Å². The van der Waals surface area contributed by atoms with Crippen molar-refractivity contribution in [1.29, 1.82) is 0 Å². The Hall–Kier alpha value is -1.64.